The van der Waals surface area contributed by atoms with Gasteiger partial charge in [0, 0.05) is 19.6 Å². The van der Waals surface area contributed by atoms with E-state index in [1.165, 1.54) is 29.6 Å². The molecule has 0 heterocycles. The maximum absolute atomic E-state index is 12.6. The summed E-state index contributed by atoms with van der Waals surface area (Å²) in [5.74, 6) is -0.0550. The fraction of sp³-hybridized carbons (Fsp3) is 0.533. The van der Waals surface area contributed by atoms with Crippen LogP contribution in [0.1, 0.15) is 30.6 Å². The van der Waals surface area contributed by atoms with Crippen LogP contribution in [0.2, 0.25) is 0 Å². The molecule has 0 aliphatic rings. The molecule has 9 heteroatoms. The van der Waals surface area contributed by atoms with Crippen molar-refractivity contribution in [2.75, 3.05) is 33.3 Å². The lowest BCUT2D eigenvalue weighted by Gasteiger charge is -2.19. The van der Waals surface area contributed by atoms with Crippen molar-refractivity contribution in [2.45, 2.75) is 25.2 Å². The van der Waals surface area contributed by atoms with E-state index >= 15 is 0 Å². The van der Waals surface area contributed by atoms with Gasteiger partial charge in [-0.15, -0.1) is 12.4 Å². The van der Waals surface area contributed by atoms with Crippen LogP contribution in [0.15, 0.2) is 23.1 Å². The summed E-state index contributed by atoms with van der Waals surface area (Å²) in [5.41, 5.74) is 5.59. The molecule has 1 amide bonds. The molecule has 0 aromatic heterocycles. The molecule has 0 bridgehead atoms. The van der Waals surface area contributed by atoms with Crippen LogP contribution in [0, 0.1) is 0 Å². The SMILES string of the molecule is CCN(CC)S(=O)(=O)c1ccc(OC)c(C(=O)NCCCN)c1.Cl. The predicted molar refractivity (Wildman–Crippen MR) is 96.4 cm³/mol. The average molecular weight is 380 g/mol. The normalized spacial score (nSPS) is 11.0. The zero-order valence-electron chi connectivity index (χ0n) is 14.2. The van der Waals surface area contributed by atoms with Crippen LogP contribution in [-0.2, 0) is 10.0 Å². The van der Waals surface area contributed by atoms with Gasteiger partial charge in [0.2, 0.25) is 10.0 Å². The van der Waals surface area contributed by atoms with Crippen LogP contribution < -0.4 is 15.8 Å². The van der Waals surface area contributed by atoms with Gasteiger partial charge in [-0.25, -0.2) is 8.42 Å². The standard InChI is InChI=1S/C15H25N3O4S.ClH/c1-4-18(5-2)23(20,21)12-7-8-14(22-3)13(11-12)15(19)17-10-6-9-16;/h7-8,11H,4-6,9-10,16H2,1-3H3,(H,17,19);1H. The first-order valence-corrected chi connectivity index (χ1v) is 9.02. The molecule has 0 radical (unpaired) electrons. The summed E-state index contributed by atoms with van der Waals surface area (Å²) in [7, 11) is -2.19. The largest absolute Gasteiger partial charge is 0.496 e. The number of benzene rings is 1. The Morgan fingerprint density at radius 2 is 1.92 bits per heavy atom. The van der Waals surface area contributed by atoms with Crippen molar-refractivity contribution in [3.8, 4) is 5.75 Å². The highest BCUT2D eigenvalue weighted by Crippen LogP contribution is 2.24. The van der Waals surface area contributed by atoms with Crippen LogP contribution in [0.25, 0.3) is 0 Å². The van der Waals surface area contributed by atoms with Gasteiger partial charge in [0.25, 0.3) is 5.91 Å². The third-order valence-electron chi connectivity index (χ3n) is 3.43. The number of carbonyl (C=O) groups is 1. The van der Waals surface area contributed by atoms with Crippen LogP contribution in [0.4, 0.5) is 0 Å². The minimum absolute atomic E-state index is 0. The lowest BCUT2D eigenvalue weighted by Crippen LogP contribution is -2.31. The molecule has 3 N–H and O–H groups in total. The number of nitrogens with zero attached hydrogens (tertiary/aromatic N) is 1. The third-order valence-corrected chi connectivity index (χ3v) is 5.47. The molecule has 0 fully saturated rings. The van der Waals surface area contributed by atoms with Gasteiger partial charge in [-0.1, -0.05) is 13.8 Å². The Morgan fingerprint density at radius 1 is 1.29 bits per heavy atom. The van der Waals surface area contributed by atoms with Crippen LogP contribution >= 0.6 is 12.4 Å². The lowest BCUT2D eigenvalue weighted by molar-refractivity contribution is 0.0950. The number of amides is 1. The van der Waals surface area contributed by atoms with Crippen molar-refractivity contribution < 1.29 is 17.9 Å². The third kappa shape index (κ3) is 5.34. The summed E-state index contributed by atoms with van der Waals surface area (Å²) in [6, 6.07) is 4.29. The molecule has 0 saturated heterocycles. The number of nitrogens with two attached hydrogens (primary N) is 1. The maximum Gasteiger partial charge on any atom is 0.255 e. The van der Waals surface area contributed by atoms with E-state index in [9.17, 15) is 13.2 Å². The summed E-state index contributed by atoms with van der Waals surface area (Å²) in [5, 5.41) is 2.70. The summed E-state index contributed by atoms with van der Waals surface area (Å²) in [4.78, 5) is 12.3. The molecular formula is C15H26ClN3O4S. The topological polar surface area (TPSA) is 102 Å². The summed E-state index contributed by atoms with van der Waals surface area (Å²) < 4.78 is 31.6. The van der Waals surface area contributed by atoms with E-state index < -0.39 is 10.0 Å². The fourth-order valence-electron chi connectivity index (χ4n) is 2.14. The zero-order chi connectivity index (χ0) is 17.5. The van der Waals surface area contributed by atoms with Crippen molar-refractivity contribution in [1.82, 2.24) is 9.62 Å². The average Bonchev–Trinajstić information content (AvgIpc) is 2.55. The van der Waals surface area contributed by atoms with Gasteiger partial charge in [-0.05, 0) is 31.2 Å². The number of carbonyl (C=O) groups excluding carboxylic acids is 1. The monoisotopic (exact) mass is 379 g/mol. The number of rotatable bonds is 9. The van der Waals surface area contributed by atoms with E-state index in [0.29, 0.717) is 38.3 Å². The Labute approximate surface area is 150 Å². The van der Waals surface area contributed by atoms with Gasteiger partial charge in [-0.3, -0.25) is 4.79 Å². The molecule has 7 nitrogen and oxygen atoms in total. The maximum atomic E-state index is 12.6. The Balaban J connectivity index is 0.00000529. The summed E-state index contributed by atoms with van der Waals surface area (Å²) in [6.07, 6.45) is 0.644. The number of sulfonamides is 1. The molecule has 0 unspecified atom stereocenters. The molecule has 0 spiro atoms. The Morgan fingerprint density at radius 3 is 2.42 bits per heavy atom. The van der Waals surface area contributed by atoms with E-state index in [4.69, 9.17) is 10.5 Å². The lowest BCUT2D eigenvalue weighted by atomic mass is 10.2. The van der Waals surface area contributed by atoms with E-state index in [2.05, 4.69) is 5.32 Å². The van der Waals surface area contributed by atoms with Gasteiger partial charge in [-0.2, -0.15) is 4.31 Å². The number of nitrogens with one attached hydrogen (secondary N) is 1. The smallest absolute Gasteiger partial charge is 0.255 e. The van der Waals surface area contributed by atoms with Crippen LogP contribution in [0.5, 0.6) is 5.75 Å². The quantitative estimate of drug-likeness (QED) is 0.628. The number of ether oxygens (including phenoxy) is 1. The minimum Gasteiger partial charge on any atom is -0.496 e. The number of hydrogen-bond donors (Lipinski definition) is 2. The summed E-state index contributed by atoms with van der Waals surface area (Å²) in [6.45, 7) is 5.15. The second kappa shape index (κ2) is 10.5. The van der Waals surface area contributed by atoms with Gasteiger partial charge < -0.3 is 15.8 Å². The molecular weight excluding hydrogens is 354 g/mol. The molecule has 0 aliphatic carbocycles. The first kappa shape index (κ1) is 22.6. The fourth-order valence-corrected chi connectivity index (χ4v) is 3.62. The molecule has 24 heavy (non-hydrogen) atoms. The van der Waals surface area contributed by atoms with E-state index in [0.717, 1.165) is 0 Å². The van der Waals surface area contributed by atoms with E-state index in [-0.39, 0.29) is 28.8 Å². The van der Waals surface area contributed by atoms with Gasteiger partial charge in [0.05, 0.1) is 17.6 Å². The van der Waals surface area contributed by atoms with Crippen molar-refractivity contribution >= 4 is 28.3 Å². The highest BCUT2D eigenvalue weighted by atomic mass is 35.5. The molecule has 0 aliphatic heterocycles. The molecule has 1 aromatic carbocycles. The van der Waals surface area contributed by atoms with Crippen molar-refractivity contribution in [3.63, 3.8) is 0 Å². The highest BCUT2D eigenvalue weighted by molar-refractivity contribution is 7.89. The van der Waals surface area contributed by atoms with E-state index in [1.807, 2.05) is 0 Å². The van der Waals surface area contributed by atoms with Crippen molar-refractivity contribution in [2.24, 2.45) is 5.73 Å². The molecule has 0 atom stereocenters. The van der Waals surface area contributed by atoms with Gasteiger partial charge >= 0.3 is 0 Å². The second-order valence-electron chi connectivity index (χ2n) is 4.85. The van der Waals surface area contributed by atoms with E-state index in [1.54, 1.807) is 13.8 Å². The number of hydrogen-bond acceptors (Lipinski definition) is 5. The van der Waals surface area contributed by atoms with Crippen molar-refractivity contribution in [1.29, 1.82) is 0 Å². The minimum atomic E-state index is -3.63. The zero-order valence-corrected chi connectivity index (χ0v) is 15.9. The Kier molecular flexibility index (Phi) is 9.91. The van der Waals surface area contributed by atoms with Crippen molar-refractivity contribution in [3.05, 3.63) is 23.8 Å². The van der Waals surface area contributed by atoms with Gasteiger partial charge in [0.1, 0.15) is 5.75 Å². The molecule has 1 rings (SSSR count). The molecule has 0 saturated carbocycles. The number of methoxy groups -OCH3 is 1. The Hall–Kier alpha value is -1.35. The summed E-state index contributed by atoms with van der Waals surface area (Å²) >= 11 is 0. The van der Waals surface area contributed by atoms with Crippen LogP contribution in [-0.4, -0.2) is 51.9 Å². The van der Waals surface area contributed by atoms with Crippen LogP contribution in [0.3, 0.4) is 0 Å². The highest BCUT2D eigenvalue weighted by Gasteiger charge is 2.24. The predicted octanol–water partition coefficient (Wildman–Crippen LogP) is 1.23. The second-order valence-corrected chi connectivity index (χ2v) is 6.79. The first-order valence-electron chi connectivity index (χ1n) is 7.58. The Bertz CT molecular complexity index is 634. The number of halogens is 1. The first-order chi connectivity index (χ1) is 10.9. The molecule has 138 valence electrons. The van der Waals surface area contributed by atoms with Gasteiger partial charge in [0.15, 0.2) is 0 Å². The molecule has 1 aromatic rings.